The van der Waals surface area contributed by atoms with E-state index in [1.54, 1.807) is 18.9 Å². The molecule has 0 spiro atoms. The van der Waals surface area contributed by atoms with E-state index in [0.717, 1.165) is 54.5 Å². The lowest BCUT2D eigenvalue weighted by Crippen LogP contribution is -2.43. The van der Waals surface area contributed by atoms with Gasteiger partial charge >= 0.3 is 0 Å². The van der Waals surface area contributed by atoms with Crippen molar-refractivity contribution in [3.63, 3.8) is 0 Å². The number of amides is 2. The Kier molecular flexibility index (Phi) is 7.65. The fourth-order valence-corrected chi connectivity index (χ4v) is 3.46. The first kappa shape index (κ1) is 22.8. The van der Waals surface area contributed by atoms with E-state index < -0.39 is 6.04 Å². The number of nitrogens with zero attached hydrogens (tertiary/aromatic N) is 2. The zero-order valence-corrected chi connectivity index (χ0v) is 18.8. The Labute approximate surface area is 184 Å². The summed E-state index contributed by atoms with van der Waals surface area (Å²) >= 11 is 0. The third-order valence-electron chi connectivity index (χ3n) is 5.82. The molecule has 1 atom stereocenters. The van der Waals surface area contributed by atoms with E-state index in [-0.39, 0.29) is 18.4 Å². The third kappa shape index (κ3) is 6.06. The van der Waals surface area contributed by atoms with Gasteiger partial charge in [0.2, 0.25) is 11.8 Å². The van der Waals surface area contributed by atoms with E-state index in [9.17, 15) is 9.59 Å². The first-order chi connectivity index (χ1) is 14.8. The largest absolute Gasteiger partial charge is 0.378 e. The number of morpholine rings is 1. The summed E-state index contributed by atoms with van der Waals surface area (Å²) < 4.78 is 5.39. The molecule has 7 nitrogen and oxygen atoms in total. The molecule has 1 fully saturated rings. The standard InChI is InChI=1S/C24H32N4O3/c1-17-6-5-7-22(18(17)2)26-23(29)16-27(4)19(3)24(30)25-20-8-10-21(11-9-20)28-12-14-31-15-13-28/h5-11,19H,12-16H2,1-4H3,(H,25,30)(H,26,29)/t19-/m0/s1. The van der Waals surface area contributed by atoms with E-state index in [4.69, 9.17) is 4.74 Å². The van der Waals surface area contributed by atoms with Crippen molar-refractivity contribution >= 4 is 28.9 Å². The van der Waals surface area contributed by atoms with E-state index in [1.165, 1.54) is 0 Å². The predicted octanol–water partition coefficient (Wildman–Crippen LogP) is 3.04. The number of anilines is 3. The number of hydrogen-bond donors (Lipinski definition) is 2. The van der Waals surface area contributed by atoms with Gasteiger partial charge in [-0.15, -0.1) is 0 Å². The summed E-state index contributed by atoms with van der Waals surface area (Å²) in [5.74, 6) is -0.299. The molecule has 166 valence electrons. The van der Waals surface area contributed by atoms with Crippen molar-refractivity contribution in [3.05, 3.63) is 53.6 Å². The Morgan fingerprint density at radius 2 is 1.74 bits per heavy atom. The van der Waals surface area contributed by atoms with Gasteiger partial charge in [0.25, 0.3) is 0 Å². The molecule has 0 bridgehead atoms. The van der Waals surface area contributed by atoms with Gasteiger partial charge in [-0.3, -0.25) is 14.5 Å². The molecule has 1 aliphatic rings. The highest BCUT2D eigenvalue weighted by Gasteiger charge is 2.21. The minimum absolute atomic E-state index is 0.123. The molecule has 2 aromatic carbocycles. The first-order valence-corrected chi connectivity index (χ1v) is 10.6. The normalized spacial score (nSPS) is 14.9. The molecule has 0 aliphatic carbocycles. The zero-order chi connectivity index (χ0) is 22.4. The maximum atomic E-state index is 12.7. The fourth-order valence-electron chi connectivity index (χ4n) is 3.46. The minimum atomic E-state index is -0.455. The Morgan fingerprint density at radius 3 is 2.42 bits per heavy atom. The minimum Gasteiger partial charge on any atom is -0.378 e. The topological polar surface area (TPSA) is 73.9 Å². The Balaban J connectivity index is 1.51. The highest BCUT2D eigenvalue weighted by molar-refractivity contribution is 5.96. The molecule has 1 aliphatic heterocycles. The van der Waals surface area contributed by atoms with Gasteiger partial charge in [0.15, 0.2) is 0 Å². The van der Waals surface area contributed by atoms with Crippen molar-refractivity contribution in [2.24, 2.45) is 0 Å². The van der Waals surface area contributed by atoms with Crippen LogP contribution in [0.3, 0.4) is 0 Å². The number of hydrogen-bond acceptors (Lipinski definition) is 5. The van der Waals surface area contributed by atoms with Crippen LogP contribution in [0.4, 0.5) is 17.1 Å². The second kappa shape index (κ2) is 10.4. The molecule has 7 heteroatoms. The SMILES string of the molecule is Cc1cccc(NC(=O)CN(C)[C@@H](C)C(=O)Nc2ccc(N3CCOCC3)cc2)c1C. The number of likely N-dealkylation sites (N-methyl/N-ethyl adjacent to an activating group) is 1. The van der Waals surface area contributed by atoms with Crippen molar-refractivity contribution in [1.82, 2.24) is 4.90 Å². The zero-order valence-electron chi connectivity index (χ0n) is 18.8. The second-order valence-electron chi connectivity index (χ2n) is 8.02. The smallest absolute Gasteiger partial charge is 0.241 e. The molecule has 0 unspecified atom stereocenters. The van der Waals surface area contributed by atoms with Gasteiger partial charge in [-0.2, -0.15) is 0 Å². The van der Waals surface area contributed by atoms with Crippen LogP contribution in [0.2, 0.25) is 0 Å². The van der Waals surface area contributed by atoms with Crippen LogP contribution in [-0.4, -0.2) is 62.7 Å². The van der Waals surface area contributed by atoms with E-state index in [0.29, 0.717) is 0 Å². The summed E-state index contributed by atoms with van der Waals surface area (Å²) in [6.45, 7) is 9.13. The average molecular weight is 425 g/mol. The molecule has 1 heterocycles. The van der Waals surface area contributed by atoms with Gasteiger partial charge in [0, 0.05) is 30.2 Å². The quantitative estimate of drug-likeness (QED) is 0.715. The van der Waals surface area contributed by atoms with Crippen molar-refractivity contribution in [2.45, 2.75) is 26.8 Å². The first-order valence-electron chi connectivity index (χ1n) is 10.6. The van der Waals surface area contributed by atoms with Crippen LogP contribution in [0.15, 0.2) is 42.5 Å². The maximum absolute atomic E-state index is 12.7. The number of carbonyl (C=O) groups excluding carboxylic acids is 2. The number of aryl methyl sites for hydroxylation is 1. The molecular formula is C24H32N4O3. The van der Waals surface area contributed by atoms with Gasteiger partial charge in [0.05, 0.1) is 25.8 Å². The summed E-state index contributed by atoms with van der Waals surface area (Å²) in [4.78, 5) is 29.1. The van der Waals surface area contributed by atoms with Crippen LogP contribution < -0.4 is 15.5 Å². The third-order valence-corrected chi connectivity index (χ3v) is 5.82. The van der Waals surface area contributed by atoms with Crippen LogP contribution in [-0.2, 0) is 14.3 Å². The average Bonchev–Trinajstić information content (AvgIpc) is 2.77. The molecule has 2 aromatic rings. The molecule has 3 rings (SSSR count). The van der Waals surface area contributed by atoms with E-state index >= 15 is 0 Å². The van der Waals surface area contributed by atoms with Crippen molar-refractivity contribution in [3.8, 4) is 0 Å². The summed E-state index contributed by atoms with van der Waals surface area (Å²) in [6, 6.07) is 13.2. The predicted molar refractivity (Wildman–Crippen MR) is 125 cm³/mol. The molecule has 31 heavy (non-hydrogen) atoms. The lowest BCUT2D eigenvalue weighted by Gasteiger charge is -2.29. The van der Waals surface area contributed by atoms with E-state index in [1.807, 2.05) is 56.3 Å². The van der Waals surface area contributed by atoms with Gasteiger partial charge in [0.1, 0.15) is 0 Å². The number of carbonyl (C=O) groups is 2. The molecule has 0 saturated carbocycles. The summed E-state index contributed by atoms with van der Waals surface area (Å²) in [5.41, 5.74) is 4.83. The molecule has 0 radical (unpaired) electrons. The maximum Gasteiger partial charge on any atom is 0.241 e. The number of rotatable bonds is 7. The second-order valence-corrected chi connectivity index (χ2v) is 8.02. The lowest BCUT2D eigenvalue weighted by molar-refractivity contribution is -0.122. The lowest BCUT2D eigenvalue weighted by atomic mass is 10.1. The molecular weight excluding hydrogens is 392 g/mol. The highest BCUT2D eigenvalue weighted by Crippen LogP contribution is 2.20. The van der Waals surface area contributed by atoms with Crippen LogP contribution in [0.5, 0.6) is 0 Å². The van der Waals surface area contributed by atoms with Gasteiger partial charge in [-0.1, -0.05) is 12.1 Å². The molecule has 1 saturated heterocycles. The van der Waals surface area contributed by atoms with E-state index in [2.05, 4.69) is 15.5 Å². The number of benzene rings is 2. The summed E-state index contributed by atoms with van der Waals surface area (Å²) in [5, 5.41) is 5.87. The number of nitrogens with one attached hydrogen (secondary N) is 2. The fraction of sp³-hybridized carbons (Fsp3) is 0.417. The van der Waals surface area contributed by atoms with Crippen molar-refractivity contribution in [1.29, 1.82) is 0 Å². The molecule has 0 aromatic heterocycles. The monoisotopic (exact) mass is 424 g/mol. The van der Waals surface area contributed by atoms with Crippen LogP contribution in [0, 0.1) is 13.8 Å². The summed E-state index contributed by atoms with van der Waals surface area (Å²) in [6.07, 6.45) is 0. The molecule has 2 N–H and O–H groups in total. The molecule has 2 amide bonds. The van der Waals surface area contributed by atoms with Crippen molar-refractivity contribution < 1.29 is 14.3 Å². The van der Waals surface area contributed by atoms with Crippen LogP contribution in [0.25, 0.3) is 0 Å². The summed E-state index contributed by atoms with van der Waals surface area (Å²) in [7, 11) is 1.77. The Morgan fingerprint density at radius 1 is 1.06 bits per heavy atom. The number of ether oxygens (including phenoxy) is 1. The Hall–Kier alpha value is -2.90. The van der Waals surface area contributed by atoms with Crippen LogP contribution >= 0.6 is 0 Å². The van der Waals surface area contributed by atoms with Crippen molar-refractivity contribution in [2.75, 3.05) is 55.4 Å². The highest BCUT2D eigenvalue weighted by atomic mass is 16.5. The van der Waals surface area contributed by atoms with Gasteiger partial charge in [-0.05, 0) is 69.3 Å². The Bertz CT molecular complexity index is 908. The van der Waals surface area contributed by atoms with Crippen LogP contribution in [0.1, 0.15) is 18.1 Å². The van der Waals surface area contributed by atoms with Gasteiger partial charge < -0.3 is 20.3 Å². The van der Waals surface area contributed by atoms with Gasteiger partial charge in [-0.25, -0.2) is 0 Å².